The fraction of sp³-hybridized carbons (Fsp3) is 0.235. The van der Waals surface area contributed by atoms with Crippen LogP contribution >= 0.6 is 11.6 Å². The van der Waals surface area contributed by atoms with E-state index in [1.54, 1.807) is 25.1 Å². The highest BCUT2D eigenvalue weighted by molar-refractivity contribution is 6.30. The summed E-state index contributed by atoms with van der Waals surface area (Å²) in [5, 5.41) is 11.4. The Morgan fingerprint density at radius 2 is 1.92 bits per heavy atom. The van der Waals surface area contributed by atoms with Crippen LogP contribution in [0.3, 0.4) is 0 Å². The van der Waals surface area contributed by atoms with E-state index in [-0.39, 0.29) is 18.9 Å². The highest BCUT2D eigenvalue weighted by Gasteiger charge is 2.14. The molecule has 0 heterocycles. The van der Waals surface area contributed by atoms with Gasteiger partial charge in [0.05, 0.1) is 12.0 Å². The zero-order valence-corrected chi connectivity index (χ0v) is 14.4. The molecule has 0 atom stereocenters. The zero-order valence-electron chi connectivity index (χ0n) is 13.7. The number of hydrogen-bond acceptors (Lipinski definition) is 6. The molecule has 0 unspecified atom stereocenters. The van der Waals surface area contributed by atoms with Gasteiger partial charge < -0.3 is 14.2 Å². The molecule has 0 saturated heterocycles. The molecular weight excluding hydrogens is 350 g/mol. The van der Waals surface area contributed by atoms with Crippen molar-refractivity contribution in [3.63, 3.8) is 0 Å². The van der Waals surface area contributed by atoms with E-state index in [1.165, 1.54) is 25.3 Å². The van der Waals surface area contributed by atoms with Crippen molar-refractivity contribution in [3.8, 4) is 11.5 Å². The van der Waals surface area contributed by atoms with Crippen LogP contribution in [-0.2, 0) is 16.1 Å². The van der Waals surface area contributed by atoms with Crippen LogP contribution in [-0.4, -0.2) is 24.6 Å². The van der Waals surface area contributed by atoms with Crippen molar-refractivity contribution in [2.75, 3.05) is 13.7 Å². The number of nitro benzene ring substituents is 1. The Morgan fingerprint density at radius 3 is 2.56 bits per heavy atom. The molecule has 2 aromatic carbocycles. The molecule has 0 radical (unpaired) electrons. The van der Waals surface area contributed by atoms with Crippen LogP contribution in [0.5, 0.6) is 11.5 Å². The number of methoxy groups -OCH3 is 1. The van der Waals surface area contributed by atoms with Gasteiger partial charge in [-0.2, -0.15) is 0 Å². The van der Waals surface area contributed by atoms with Crippen LogP contribution in [0.25, 0.3) is 0 Å². The number of carbonyl (C=O) groups excluding carboxylic acids is 1. The molecule has 25 heavy (non-hydrogen) atoms. The Kier molecular flexibility index (Phi) is 6.19. The lowest BCUT2D eigenvalue weighted by atomic mass is 10.2. The third-order valence-electron chi connectivity index (χ3n) is 3.35. The molecule has 0 aliphatic carbocycles. The second kappa shape index (κ2) is 8.34. The van der Waals surface area contributed by atoms with Gasteiger partial charge in [-0.25, -0.2) is 4.79 Å². The van der Waals surface area contributed by atoms with E-state index in [2.05, 4.69) is 0 Å². The Labute approximate surface area is 149 Å². The van der Waals surface area contributed by atoms with Crippen molar-refractivity contribution in [2.24, 2.45) is 0 Å². The number of rotatable bonds is 7. The average molecular weight is 366 g/mol. The SMILES string of the molecule is COc1ccc([N+](=O)[O-])cc1COC(=O)COc1ccc(Cl)cc1C. The van der Waals surface area contributed by atoms with Crippen LogP contribution in [0.2, 0.25) is 5.02 Å². The minimum absolute atomic E-state index is 0.111. The van der Waals surface area contributed by atoms with Crippen LogP contribution < -0.4 is 9.47 Å². The topological polar surface area (TPSA) is 87.9 Å². The summed E-state index contributed by atoms with van der Waals surface area (Å²) in [6.07, 6.45) is 0. The van der Waals surface area contributed by atoms with Crippen molar-refractivity contribution in [3.05, 3.63) is 62.7 Å². The van der Waals surface area contributed by atoms with Gasteiger partial charge in [0.25, 0.3) is 5.69 Å². The largest absolute Gasteiger partial charge is 0.496 e. The molecule has 2 aromatic rings. The molecule has 2 rings (SSSR count). The molecule has 0 amide bonds. The van der Waals surface area contributed by atoms with E-state index in [1.807, 2.05) is 0 Å². The van der Waals surface area contributed by atoms with Gasteiger partial charge in [-0.05, 0) is 36.8 Å². The predicted molar refractivity (Wildman–Crippen MR) is 91.1 cm³/mol. The summed E-state index contributed by atoms with van der Waals surface area (Å²) in [5.74, 6) is 0.310. The first-order chi connectivity index (χ1) is 11.9. The lowest BCUT2D eigenvalue weighted by molar-refractivity contribution is -0.385. The zero-order chi connectivity index (χ0) is 18.4. The fourth-order valence-corrected chi connectivity index (χ4v) is 2.33. The van der Waals surface area contributed by atoms with E-state index in [0.717, 1.165) is 5.56 Å². The summed E-state index contributed by atoms with van der Waals surface area (Å²) in [6, 6.07) is 9.11. The summed E-state index contributed by atoms with van der Waals surface area (Å²) in [4.78, 5) is 22.1. The Hall–Kier alpha value is -2.80. The second-order valence-electron chi connectivity index (χ2n) is 5.11. The summed E-state index contributed by atoms with van der Waals surface area (Å²) >= 11 is 5.85. The van der Waals surface area contributed by atoms with Crippen molar-refractivity contribution in [2.45, 2.75) is 13.5 Å². The number of hydrogen-bond donors (Lipinski definition) is 0. The number of non-ortho nitro benzene ring substituents is 1. The van der Waals surface area contributed by atoms with Crippen LogP contribution in [0, 0.1) is 17.0 Å². The van der Waals surface area contributed by atoms with Crippen molar-refractivity contribution < 1.29 is 23.9 Å². The number of carbonyl (C=O) groups is 1. The van der Waals surface area contributed by atoms with Crippen LogP contribution in [0.1, 0.15) is 11.1 Å². The fourth-order valence-electron chi connectivity index (χ4n) is 2.10. The minimum atomic E-state index is -0.608. The number of ether oxygens (including phenoxy) is 3. The first kappa shape index (κ1) is 18.5. The van der Waals surface area contributed by atoms with E-state index in [4.69, 9.17) is 25.8 Å². The van der Waals surface area contributed by atoms with Crippen molar-refractivity contribution in [1.82, 2.24) is 0 Å². The normalized spacial score (nSPS) is 10.2. The molecule has 0 aromatic heterocycles. The van der Waals surface area contributed by atoms with Gasteiger partial charge >= 0.3 is 5.97 Å². The molecule has 0 N–H and O–H groups in total. The standard InChI is InChI=1S/C17H16ClNO6/c1-11-7-13(18)3-5-15(11)24-10-17(20)25-9-12-8-14(19(21)22)4-6-16(12)23-2/h3-8H,9-10H2,1-2H3. The van der Waals surface area contributed by atoms with Crippen LogP contribution in [0.4, 0.5) is 5.69 Å². The third-order valence-corrected chi connectivity index (χ3v) is 3.58. The van der Waals surface area contributed by atoms with Gasteiger partial charge in [0.1, 0.15) is 18.1 Å². The Balaban J connectivity index is 1.95. The monoisotopic (exact) mass is 365 g/mol. The van der Waals surface area contributed by atoms with E-state index in [9.17, 15) is 14.9 Å². The van der Waals surface area contributed by atoms with Gasteiger partial charge in [0, 0.05) is 22.7 Å². The molecule has 7 nitrogen and oxygen atoms in total. The van der Waals surface area contributed by atoms with E-state index >= 15 is 0 Å². The minimum Gasteiger partial charge on any atom is -0.496 e. The Bertz CT molecular complexity index is 793. The number of benzene rings is 2. The maximum absolute atomic E-state index is 11.8. The van der Waals surface area contributed by atoms with Gasteiger partial charge in [-0.1, -0.05) is 11.6 Å². The molecule has 0 aliphatic heterocycles. The summed E-state index contributed by atoms with van der Waals surface area (Å²) in [7, 11) is 1.43. The second-order valence-corrected chi connectivity index (χ2v) is 5.55. The third kappa shape index (κ3) is 5.09. The predicted octanol–water partition coefficient (Wildman–Crippen LogP) is 3.69. The molecule has 0 bridgehead atoms. The van der Waals surface area contributed by atoms with E-state index in [0.29, 0.717) is 22.1 Å². The molecule has 0 aliphatic rings. The van der Waals surface area contributed by atoms with Gasteiger partial charge in [-0.15, -0.1) is 0 Å². The van der Waals surface area contributed by atoms with Gasteiger partial charge in [0.15, 0.2) is 6.61 Å². The lowest BCUT2D eigenvalue weighted by Crippen LogP contribution is -2.15. The summed E-state index contributed by atoms with van der Waals surface area (Å²) in [6.45, 7) is 1.35. The quantitative estimate of drug-likeness (QED) is 0.422. The average Bonchev–Trinajstić information content (AvgIpc) is 2.58. The first-order valence-electron chi connectivity index (χ1n) is 7.26. The number of halogens is 1. The van der Waals surface area contributed by atoms with Crippen LogP contribution in [0.15, 0.2) is 36.4 Å². The number of esters is 1. The summed E-state index contributed by atoms with van der Waals surface area (Å²) < 4.78 is 15.6. The molecule has 132 valence electrons. The Morgan fingerprint density at radius 1 is 1.20 bits per heavy atom. The number of nitrogens with zero attached hydrogens (tertiary/aromatic N) is 1. The smallest absolute Gasteiger partial charge is 0.344 e. The first-order valence-corrected chi connectivity index (χ1v) is 7.64. The van der Waals surface area contributed by atoms with E-state index < -0.39 is 10.9 Å². The number of aryl methyl sites for hydroxylation is 1. The maximum atomic E-state index is 11.8. The summed E-state index contributed by atoms with van der Waals surface area (Å²) in [5.41, 5.74) is 1.08. The maximum Gasteiger partial charge on any atom is 0.344 e. The van der Waals surface area contributed by atoms with Crippen molar-refractivity contribution >= 4 is 23.3 Å². The molecule has 0 fully saturated rings. The number of nitro groups is 1. The molecule has 0 saturated carbocycles. The van der Waals surface area contributed by atoms with Gasteiger partial charge in [0.2, 0.25) is 0 Å². The molecule has 0 spiro atoms. The van der Waals surface area contributed by atoms with Gasteiger partial charge in [-0.3, -0.25) is 10.1 Å². The molecule has 8 heteroatoms. The highest BCUT2D eigenvalue weighted by Crippen LogP contribution is 2.25. The highest BCUT2D eigenvalue weighted by atomic mass is 35.5. The molecular formula is C17H16ClNO6. The lowest BCUT2D eigenvalue weighted by Gasteiger charge is -2.11. The van der Waals surface area contributed by atoms with Crippen molar-refractivity contribution in [1.29, 1.82) is 0 Å².